The summed E-state index contributed by atoms with van der Waals surface area (Å²) in [5, 5.41) is 0. The van der Waals surface area contributed by atoms with Crippen molar-refractivity contribution in [3.8, 4) is 0 Å². The Kier molecular flexibility index (Phi) is 5.48. The predicted octanol–water partition coefficient (Wildman–Crippen LogP) is 3.66. The molecule has 0 saturated carbocycles. The van der Waals surface area contributed by atoms with E-state index in [0.717, 1.165) is 25.1 Å². The second kappa shape index (κ2) is 7.34. The fourth-order valence-corrected chi connectivity index (χ4v) is 2.39. The SMILES string of the molecule is Cc1ccccc1CN(C)CCC(N)c1ccc(F)cc1. The molecule has 2 rings (SSSR count). The van der Waals surface area contributed by atoms with Gasteiger partial charge in [-0.2, -0.15) is 0 Å². The first kappa shape index (κ1) is 15.7. The fraction of sp³-hybridized carbons (Fsp3) is 0.333. The van der Waals surface area contributed by atoms with Crippen molar-refractivity contribution in [1.82, 2.24) is 4.90 Å². The minimum absolute atomic E-state index is 0.0510. The van der Waals surface area contributed by atoms with Crippen molar-refractivity contribution in [3.63, 3.8) is 0 Å². The maximum absolute atomic E-state index is 12.9. The zero-order valence-electron chi connectivity index (χ0n) is 12.7. The van der Waals surface area contributed by atoms with Crippen LogP contribution in [0.25, 0.3) is 0 Å². The quantitative estimate of drug-likeness (QED) is 0.878. The molecule has 0 spiro atoms. The zero-order chi connectivity index (χ0) is 15.2. The summed E-state index contributed by atoms with van der Waals surface area (Å²) in [5.41, 5.74) is 9.81. The zero-order valence-corrected chi connectivity index (χ0v) is 12.7. The molecule has 0 aliphatic rings. The average Bonchev–Trinajstić information content (AvgIpc) is 2.48. The van der Waals surface area contributed by atoms with Crippen molar-refractivity contribution in [2.24, 2.45) is 5.73 Å². The highest BCUT2D eigenvalue weighted by Gasteiger charge is 2.09. The van der Waals surface area contributed by atoms with Crippen molar-refractivity contribution in [3.05, 3.63) is 71.0 Å². The number of nitrogens with two attached hydrogens (primary N) is 1. The minimum atomic E-state index is -0.220. The van der Waals surface area contributed by atoms with Crippen LogP contribution >= 0.6 is 0 Å². The van der Waals surface area contributed by atoms with E-state index in [0.29, 0.717) is 0 Å². The molecule has 0 bridgehead atoms. The van der Waals surface area contributed by atoms with Crippen LogP contribution in [0.1, 0.15) is 29.2 Å². The summed E-state index contributed by atoms with van der Waals surface area (Å²) in [7, 11) is 2.10. The maximum Gasteiger partial charge on any atom is 0.123 e. The van der Waals surface area contributed by atoms with Gasteiger partial charge in [0.2, 0.25) is 0 Å². The second-order valence-corrected chi connectivity index (χ2v) is 5.61. The summed E-state index contributed by atoms with van der Waals surface area (Å²) in [4.78, 5) is 2.27. The number of rotatable bonds is 6. The van der Waals surface area contributed by atoms with E-state index in [1.165, 1.54) is 23.3 Å². The molecule has 0 saturated heterocycles. The van der Waals surface area contributed by atoms with Crippen LogP contribution in [0.5, 0.6) is 0 Å². The highest BCUT2D eigenvalue weighted by Crippen LogP contribution is 2.16. The van der Waals surface area contributed by atoms with Gasteiger partial charge < -0.3 is 10.6 Å². The number of hydrogen-bond acceptors (Lipinski definition) is 2. The monoisotopic (exact) mass is 286 g/mol. The molecule has 0 fully saturated rings. The van der Waals surface area contributed by atoms with Gasteiger partial charge in [-0.25, -0.2) is 4.39 Å². The van der Waals surface area contributed by atoms with Gasteiger partial charge in [0.25, 0.3) is 0 Å². The Hall–Kier alpha value is -1.71. The van der Waals surface area contributed by atoms with Gasteiger partial charge in [0.15, 0.2) is 0 Å². The molecule has 1 unspecified atom stereocenters. The van der Waals surface area contributed by atoms with E-state index in [-0.39, 0.29) is 11.9 Å². The number of hydrogen-bond donors (Lipinski definition) is 1. The van der Waals surface area contributed by atoms with Gasteiger partial charge in [0.1, 0.15) is 5.82 Å². The Labute approximate surface area is 126 Å². The number of benzene rings is 2. The second-order valence-electron chi connectivity index (χ2n) is 5.61. The highest BCUT2D eigenvalue weighted by molar-refractivity contribution is 5.25. The molecular weight excluding hydrogens is 263 g/mol. The molecule has 0 aromatic heterocycles. The van der Waals surface area contributed by atoms with Crippen molar-refractivity contribution in [2.45, 2.75) is 25.9 Å². The number of aryl methyl sites for hydroxylation is 1. The maximum atomic E-state index is 12.9. The molecular formula is C18H23FN2. The topological polar surface area (TPSA) is 29.3 Å². The van der Waals surface area contributed by atoms with Gasteiger partial charge >= 0.3 is 0 Å². The molecule has 2 N–H and O–H groups in total. The van der Waals surface area contributed by atoms with E-state index in [9.17, 15) is 4.39 Å². The first-order chi connectivity index (χ1) is 10.1. The summed E-state index contributed by atoms with van der Waals surface area (Å²) in [6, 6.07) is 14.8. The van der Waals surface area contributed by atoms with Gasteiger partial charge in [0, 0.05) is 12.6 Å². The predicted molar refractivity (Wildman–Crippen MR) is 85.5 cm³/mol. The smallest absolute Gasteiger partial charge is 0.123 e. The van der Waals surface area contributed by atoms with Crippen LogP contribution in [0.4, 0.5) is 4.39 Å². The van der Waals surface area contributed by atoms with Crippen LogP contribution in [0.3, 0.4) is 0 Å². The molecule has 2 nitrogen and oxygen atoms in total. The van der Waals surface area contributed by atoms with E-state index in [1.54, 1.807) is 12.1 Å². The molecule has 112 valence electrons. The first-order valence-corrected chi connectivity index (χ1v) is 7.30. The van der Waals surface area contributed by atoms with E-state index in [4.69, 9.17) is 5.73 Å². The largest absolute Gasteiger partial charge is 0.324 e. The molecule has 1 atom stereocenters. The molecule has 0 amide bonds. The third kappa shape index (κ3) is 4.66. The molecule has 21 heavy (non-hydrogen) atoms. The van der Waals surface area contributed by atoms with Crippen molar-refractivity contribution >= 4 is 0 Å². The lowest BCUT2D eigenvalue weighted by atomic mass is 10.0. The highest BCUT2D eigenvalue weighted by atomic mass is 19.1. The van der Waals surface area contributed by atoms with Gasteiger partial charge in [-0.15, -0.1) is 0 Å². The first-order valence-electron chi connectivity index (χ1n) is 7.30. The molecule has 0 aliphatic carbocycles. The number of nitrogens with zero attached hydrogens (tertiary/aromatic N) is 1. The lowest BCUT2D eigenvalue weighted by molar-refractivity contribution is 0.311. The Bertz CT molecular complexity index is 566. The number of halogens is 1. The van der Waals surface area contributed by atoms with Crippen LogP contribution in [0, 0.1) is 12.7 Å². The van der Waals surface area contributed by atoms with Crippen LogP contribution in [0.2, 0.25) is 0 Å². The molecule has 0 radical (unpaired) electrons. The molecule has 0 aliphatic heterocycles. The van der Waals surface area contributed by atoms with Crippen LogP contribution < -0.4 is 5.73 Å². The molecule has 2 aromatic rings. The van der Waals surface area contributed by atoms with E-state index in [2.05, 4.69) is 43.1 Å². The van der Waals surface area contributed by atoms with Gasteiger partial charge in [-0.05, 0) is 55.8 Å². The Morgan fingerprint density at radius 2 is 1.76 bits per heavy atom. The standard InChI is InChI=1S/C18H23FN2/c1-14-5-3-4-6-16(14)13-21(2)12-11-18(20)15-7-9-17(19)10-8-15/h3-10,18H,11-13,20H2,1-2H3. The van der Waals surface area contributed by atoms with E-state index in [1.807, 2.05) is 0 Å². The molecule has 0 heterocycles. The summed E-state index contributed by atoms with van der Waals surface area (Å²) in [6.45, 7) is 3.96. The molecule has 3 heteroatoms. The summed E-state index contributed by atoms with van der Waals surface area (Å²) in [5.74, 6) is -0.220. The van der Waals surface area contributed by atoms with Gasteiger partial charge in [-0.3, -0.25) is 0 Å². The van der Waals surface area contributed by atoms with E-state index >= 15 is 0 Å². The average molecular weight is 286 g/mol. The Morgan fingerprint density at radius 3 is 2.43 bits per heavy atom. The summed E-state index contributed by atoms with van der Waals surface area (Å²) < 4.78 is 12.9. The lowest BCUT2D eigenvalue weighted by Crippen LogP contribution is -2.23. The van der Waals surface area contributed by atoms with E-state index < -0.39 is 0 Å². The van der Waals surface area contributed by atoms with Gasteiger partial charge in [0.05, 0.1) is 0 Å². The normalized spacial score (nSPS) is 12.6. The Balaban J connectivity index is 1.85. The van der Waals surface area contributed by atoms with Crippen LogP contribution in [-0.4, -0.2) is 18.5 Å². The van der Waals surface area contributed by atoms with Crippen LogP contribution in [0.15, 0.2) is 48.5 Å². The lowest BCUT2D eigenvalue weighted by Gasteiger charge is -2.20. The van der Waals surface area contributed by atoms with Crippen molar-refractivity contribution in [2.75, 3.05) is 13.6 Å². The Morgan fingerprint density at radius 1 is 1.10 bits per heavy atom. The third-order valence-corrected chi connectivity index (χ3v) is 3.82. The van der Waals surface area contributed by atoms with Crippen LogP contribution in [-0.2, 0) is 6.54 Å². The van der Waals surface area contributed by atoms with Crippen molar-refractivity contribution < 1.29 is 4.39 Å². The summed E-state index contributed by atoms with van der Waals surface area (Å²) >= 11 is 0. The third-order valence-electron chi connectivity index (χ3n) is 3.82. The summed E-state index contributed by atoms with van der Waals surface area (Å²) in [6.07, 6.45) is 0.855. The fourth-order valence-electron chi connectivity index (χ4n) is 2.39. The van der Waals surface area contributed by atoms with Crippen molar-refractivity contribution in [1.29, 1.82) is 0 Å². The minimum Gasteiger partial charge on any atom is -0.324 e. The molecule has 2 aromatic carbocycles. The van der Waals surface area contributed by atoms with Gasteiger partial charge in [-0.1, -0.05) is 36.4 Å².